The fourth-order valence-electron chi connectivity index (χ4n) is 2.54. The molecule has 0 amide bonds. The quantitative estimate of drug-likeness (QED) is 0.794. The van der Waals surface area contributed by atoms with Crippen molar-refractivity contribution in [3.05, 3.63) is 53.8 Å². The maximum Gasteiger partial charge on any atom is 0.143 e. The van der Waals surface area contributed by atoms with Crippen LogP contribution < -0.4 is 9.80 Å². The third kappa shape index (κ3) is 1.97. The number of fused-ring (bicyclic) bond motifs is 1. The van der Waals surface area contributed by atoms with Gasteiger partial charge in [0, 0.05) is 25.8 Å². The second kappa shape index (κ2) is 4.86. The molecule has 0 saturated carbocycles. The fraction of sp³-hybridized carbons (Fsp3) is 0.188. The minimum atomic E-state index is -0.471. The molecule has 0 N–H and O–H groups in total. The summed E-state index contributed by atoms with van der Waals surface area (Å²) in [5.74, 6) is -0.471. The molecule has 3 rings (SSSR count). The molecule has 4 heteroatoms. The highest BCUT2D eigenvalue weighted by Gasteiger charge is 2.21. The summed E-state index contributed by atoms with van der Waals surface area (Å²) in [7, 11) is 2.05. The molecule has 0 radical (unpaired) electrons. The SMILES string of the molecule is CN1CCN(c2ccc(C#N)c(F)c2)c2ccccc21. The average molecular weight is 267 g/mol. The lowest BCUT2D eigenvalue weighted by Gasteiger charge is -2.37. The van der Waals surface area contributed by atoms with Crippen LogP contribution in [0.4, 0.5) is 21.5 Å². The van der Waals surface area contributed by atoms with Crippen LogP contribution in [-0.4, -0.2) is 20.1 Å². The largest absolute Gasteiger partial charge is 0.371 e. The number of halogens is 1. The van der Waals surface area contributed by atoms with Crippen molar-refractivity contribution in [1.82, 2.24) is 0 Å². The van der Waals surface area contributed by atoms with E-state index >= 15 is 0 Å². The molecule has 1 aliphatic heterocycles. The molecule has 100 valence electrons. The van der Waals surface area contributed by atoms with Crippen LogP contribution in [0.1, 0.15) is 5.56 Å². The third-order valence-electron chi connectivity index (χ3n) is 3.63. The van der Waals surface area contributed by atoms with Gasteiger partial charge in [-0.2, -0.15) is 5.26 Å². The molecule has 0 aliphatic carbocycles. The van der Waals surface area contributed by atoms with E-state index in [4.69, 9.17) is 5.26 Å². The monoisotopic (exact) mass is 267 g/mol. The van der Waals surface area contributed by atoms with E-state index in [-0.39, 0.29) is 5.56 Å². The Hall–Kier alpha value is -2.54. The van der Waals surface area contributed by atoms with Gasteiger partial charge in [-0.15, -0.1) is 0 Å². The van der Waals surface area contributed by atoms with E-state index < -0.39 is 5.82 Å². The molecule has 0 saturated heterocycles. The van der Waals surface area contributed by atoms with E-state index in [1.165, 1.54) is 12.1 Å². The Balaban J connectivity index is 2.06. The number of nitrogens with zero attached hydrogens (tertiary/aromatic N) is 3. The predicted molar refractivity (Wildman–Crippen MR) is 77.8 cm³/mol. The summed E-state index contributed by atoms with van der Waals surface area (Å²) in [6.07, 6.45) is 0. The number of hydrogen-bond donors (Lipinski definition) is 0. The number of nitriles is 1. The van der Waals surface area contributed by atoms with Gasteiger partial charge in [0.05, 0.1) is 16.9 Å². The highest BCUT2D eigenvalue weighted by atomic mass is 19.1. The number of anilines is 3. The minimum absolute atomic E-state index is 0.0798. The normalized spacial score (nSPS) is 13.8. The molecule has 0 spiro atoms. The Labute approximate surface area is 117 Å². The van der Waals surface area contributed by atoms with Crippen molar-refractivity contribution < 1.29 is 4.39 Å². The standard InChI is InChI=1S/C16H14FN3/c1-19-8-9-20(16-5-3-2-4-15(16)19)13-7-6-12(11-18)14(17)10-13/h2-7,10H,8-9H2,1H3. The van der Waals surface area contributed by atoms with Crippen molar-refractivity contribution in [3.8, 4) is 6.07 Å². The Morgan fingerprint density at radius 1 is 1.10 bits per heavy atom. The van der Waals surface area contributed by atoms with E-state index in [0.717, 1.165) is 30.2 Å². The minimum Gasteiger partial charge on any atom is -0.371 e. The van der Waals surface area contributed by atoms with E-state index in [2.05, 4.69) is 22.9 Å². The maximum atomic E-state index is 13.8. The summed E-state index contributed by atoms with van der Waals surface area (Å²) in [6.45, 7) is 1.66. The van der Waals surface area contributed by atoms with E-state index in [0.29, 0.717) is 0 Å². The lowest BCUT2D eigenvalue weighted by Crippen LogP contribution is -2.36. The van der Waals surface area contributed by atoms with Crippen molar-refractivity contribution in [1.29, 1.82) is 5.26 Å². The fourth-order valence-corrected chi connectivity index (χ4v) is 2.54. The second-order valence-corrected chi connectivity index (χ2v) is 4.84. The molecule has 2 aromatic carbocycles. The van der Waals surface area contributed by atoms with Gasteiger partial charge in [0.2, 0.25) is 0 Å². The van der Waals surface area contributed by atoms with Gasteiger partial charge < -0.3 is 9.80 Å². The van der Waals surface area contributed by atoms with Gasteiger partial charge in [-0.05, 0) is 30.3 Å². The van der Waals surface area contributed by atoms with E-state index in [1.54, 1.807) is 6.07 Å². The molecule has 0 atom stereocenters. The molecule has 1 aliphatic rings. The highest BCUT2D eigenvalue weighted by Crippen LogP contribution is 2.37. The van der Waals surface area contributed by atoms with Crippen molar-refractivity contribution in [2.24, 2.45) is 0 Å². The Bertz CT molecular complexity index is 690. The molecular weight excluding hydrogens is 253 g/mol. The van der Waals surface area contributed by atoms with Crippen molar-refractivity contribution in [2.45, 2.75) is 0 Å². The van der Waals surface area contributed by atoms with Crippen LogP contribution in [0.25, 0.3) is 0 Å². The van der Waals surface area contributed by atoms with Crippen LogP contribution in [0.3, 0.4) is 0 Å². The number of hydrogen-bond acceptors (Lipinski definition) is 3. The molecule has 2 aromatic rings. The molecule has 0 fully saturated rings. The summed E-state index contributed by atoms with van der Waals surface area (Å²) in [6, 6.07) is 14.7. The van der Waals surface area contributed by atoms with Gasteiger partial charge >= 0.3 is 0 Å². The number of likely N-dealkylation sites (N-methyl/N-ethyl adjacent to an activating group) is 1. The Morgan fingerprint density at radius 3 is 2.55 bits per heavy atom. The van der Waals surface area contributed by atoms with Crippen molar-refractivity contribution in [2.75, 3.05) is 29.9 Å². The van der Waals surface area contributed by atoms with Crippen LogP contribution in [0, 0.1) is 17.1 Å². The molecule has 20 heavy (non-hydrogen) atoms. The first kappa shape index (κ1) is 12.5. The predicted octanol–water partition coefficient (Wildman–Crippen LogP) is 3.29. The van der Waals surface area contributed by atoms with Crippen LogP contribution in [0.15, 0.2) is 42.5 Å². The molecule has 0 aromatic heterocycles. The van der Waals surface area contributed by atoms with E-state index in [1.807, 2.05) is 24.3 Å². The molecule has 1 heterocycles. The van der Waals surface area contributed by atoms with Crippen LogP contribution >= 0.6 is 0 Å². The first-order valence-electron chi connectivity index (χ1n) is 6.48. The summed E-state index contributed by atoms with van der Waals surface area (Å²) in [5.41, 5.74) is 3.05. The lowest BCUT2D eigenvalue weighted by molar-refractivity contribution is 0.623. The average Bonchev–Trinajstić information content (AvgIpc) is 2.48. The zero-order valence-electron chi connectivity index (χ0n) is 11.2. The molecular formula is C16H14FN3. The number of para-hydroxylation sites is 2. The van der Waals surface area contributed by atoms with Gasteiger partial charge in [-0.3, -0.25) is 0 Å². The zero-order valence-corrected chi connectivity index (χ0v) is 11.2. The second-order valence-electron chi connectivity index (χ2n) is 4.84. The summed E-state index contributed by atoms with van der Waals surface area (Å²) in [5, 5.41) is 8.80. The Kier molecular flexibility index (Phi) is 3.03. The van der Waals surface area contributed by atoms with Crippen molar-refractivity contribution >= 4 is 17.1 Å². The lowest BCUT2D eigenvalue weighted by atomic mass is 10.1. The van der Waals surface area contributed by atoms with Crippen LogP contribution in [0.2, 0.25) is 0 Å². The van der Waals surface area contributed by atoms with E-state index in [9.17, 15) is 4.39 Å². The maximum absolute atomic E-state index is 13.8. The van der Waals surface area contributed by atoms with Gasteiger partial charge in [0.1, 0.15) is 11.9 Å². The molecule has 0 unspecified atom stereocenters. The molecule has 0 bridgehead atoms. The van der Waals surface area contributed by atoms with Crippen molar-refractivity contribution in [3.63, 3.8) is 0 Å². The third-order valence-corrected chi connectivity index (χ3v) is 3.63. The highest BCUT2D eigenvalue weighted by molar-refractivity contribution is 5.79. The van der Waals surface area contributed by atoms with Crippen LogP contribution in [0.5, 0.6) is 0 Å². The Morgan fingerprint density at radius 2 is 1.85 bits per heavy atom. The summed E-state index contributed by atoms with van der Waals surface area (Å²) in [4.78, 5) is 4.27. The zero-order chi connectivity index (χ0) is 14.1. The van der Waals surface area contributed by atoms with Gasteiger partial charge in [0.15, 0.2) is 0 Å². The smallest absolute Gasteiger partial charge is 0.143 e. The first-order valence-corrected chi connectivity index (χ1v) is 6.48. The molecule has 3 nitrogen and oxygen atoms in total. The number of rotatable bonds is 1. The van der Waals surface area contributed by atoms with Gasteiger partial charge in [-0.1, -0.05) is 12.1 Å². The van der Waals surface area contributed by atoms with Gasteiger partial charge in [0.25, 0.3) is 0 Å². The van der Waals surface area contributed by atoms with Crippen LogP contribution in [-0.2, 0) is 0 Å². The first-order chi connectivity index (χ1) is 9.70. The summed E-state index contributed by atoms with van der Waals surface area (Å²) < 4.78 is 13.8. The summed E-state index contributed by atoms with van der Waals surface area (Å²) >= 11 is 0. The number of benzene rings is 2. The topological polar surface area (TPSA) is 30.3 Å². The van der Waals surface area contributed by atoms with Gasteiger partial charge in [-0.25, -0.2) is 4.39 Å².